The molecule has 5 heteroatoms. The molecule has 122 valence electrons. The second-order valence-corrected chi connectivity index (χ2v) is 11.1. The molecule has 1 heterocycles. The van der Waals surface area contributed by atoms with Crippen molar-refractivity contribution in [3.63, 3.8) is 0 Å². The van der Waals surface area contributed by atoms with Crippen molar-refractivity contribution in [2.75, 3.05) is 0 Å². The van der Waals surface area contributed by atoms with Crippen LogP contribution in [0.2, 0.25) is 0 Å². The van der Waals surface area contributed by atoms with Gasteiger partial charge >= 0.3 is 0 Å². The highest BCUT2D eigenvalue weighted by molar-refractivity contribution is 7.77. The highest BCUT2D eigenvalue weighted by atomic mass is 32.2. The Balaban J connectivity index is 1.75. The fourth-order valence-corrected chi connectivity index (χ4v) is 7.57. The van der Waals surface area contributed by atoms with E-state index < -0.39 is 0 Å². The van der Waals surface area contributed by atoms with Crippen molar-refractivity contribution in [2.24, 2.45) is 29.1 Å². The molecule has 4 aliphatic rings. The fraction of sp³-hybridized carbons (Fsp3) is 0.421. The largest absolute Gasteiger partial charge is 0.294 e. The topological polar surface area (TPSA) is 34.1 Å². The van der Waals surface area contributed by atoms with Crippen molar-refractivity contribution in [2.45, 2.75) is 20.3 Å². The van der Waals surface area contributed by atoms with Crippen LogP contribution in [0.5, 0.6) is 0 Å². The zero-order valence-electron chi connectivity index (χ0n) is 13.4. The molecule has 0 radical (unpaired) electrons. The predicted octanol–water partition coefficient (Wildman–Crippen LogP) is 5.54. The Kier molecular flexibility index (Phi) is 2.97. The summed E-state index contributed by atoms with van der Waals surface area (Å²) in [7, 11) is 0. The lowest BCUT2D eigenvalue weighted by Gasteiger charge is -2.53. The molecule has 0 aliphatic heterocycles. The normalized spacial score (nSPS) is 32.9. The van der Waals surface area contributed by atoms with Gasteiger partial charge in [0.1, 0.15) is 3.14 Å². The van der Waals surface area contributed by atoms with Crippen LogP contribution in [-0.4, -0.2) is 11.6 Å². The quantitative estimate of drug-likeness (QED) is 0.450. The molecule has 1 aromatic carbocycles. The number of ketones is 2. The number of carbonyl (C=O) groups excluding carboxylic acids is 2. The fourth-order valence-electron chi connectivity index (χ4n) is 5.05. The molecular weight excluding hydrogens is 356 g/mol. The summed E-state index contributed by atoms with van der Waals surface area (Å²) in [6.07, 6.45) is 5.36. The van der Waals surface area contributed by atoms with Crippen LogP contribution in [0.4, 0.5) is 0 Å². The molecule has 1 aromatic heterocycles. The van der Waals surface area contributed by atoms with E-state index in [4.69, 9.17) is 12.2 Å². The second-order valence-electron chi connectivity index (χ2n) is 7.85. The van der Waals surface area contributed by atoms with Crippen LogP contribution in [-0.2, 0) is 0 Å². The lowest BCUT2D eigenvalue weighted by Crippen LogP contribution is -2.54. The lowest BCUT2D eigenvalue weighted by molar-refractivity contribution is 0.0139. The van der Waals surface area contributed by atoms with Gasteiger partial charge in [0.25, 0.3) is 0 Å². The standard InChI is InChI=1S/C19H16O2S3/c1-19(2)7-8-3-4-11(19)15-14(8)16(20)9-5-12-13(24-18(22)23-12)6-10(9)17(15)21/h3-6,8,11,14-15H,7H2,1-2H3. The molecule has 0 N–H and O–H groups in total. The zero-order valence-corrected chi connectivity index (χ0v) is 15.8. The van der Waals surface area contributed by atoms with Crippen molar-refractivity contribution in [3.05, 3.63) is 38.5 Å². The van der Waals surface area contributed by atoms with Gasteiger partial charge in [-0.15, -0.1) is 22.7 Å². The smallest absolute Gasteiger partial charge is 0.168 e. The van der Waals surface area contributed by atoms with Crippen LogP contribution in [0.3, 0.4) is 0 Å². The minimum Gasteiger partial charge on any atom is -0.294 e. The van der Waals surface area contributed by atoms with Gasteiger partial charge in [-0.05, 0) is 35.8 Å². The average molecular weight is 373 g/mol. The Labute approximate surface area is 153 Å². The van der Waals surface area contributed by atoms with Gasteiger partial charge in [0.05, 0.1) is 0 Å². The first-order valence-electron chi connectivity index (χ1n) is 8.21. The van der Waals surface area contributed by atoms with E-state index in [0.717, 1.165) is 19.0 Å². The Bertz CT molecular complexity index is 1010. The summed E-state index contributed by atoms with van der Waals surface area (Å²) in [5.41, 5.74) is 1.32. The van der Waals surface area contributed by atoms with Crippen LogP contribution < -0.4 is 0 Å². The summed E-state index contributed by atoms with van der Waals surface area (Å²) in [4.78, 5) is 26.6. The number of carbonyl (C=O) groups is 2. The number of fused-ring (bicyclic) bond motifs is 3. The molecule has 24 heavy (non-hydrogen) atoms. The van der Waals surface area contributed by atoms with Gasteiger partial charge in [-0.25, -0.2) is 0 Å². The number of Topliss-reactive ketones (excluding diaryl/α,β-unsaturated/α-hetero) is 2. The Morgan fingerprint density at radius 3 is 2.17 bits per heavy atom. The molecule has 4 aliphatic carbocycles. The number of hydrogen-bond donors (Lipinski definition) is 0. The summed E-state index contributed by atoms with van der Waals surface area (Å²) in [5.74, 6) is 0.318. The van der Waals surface area contributed by atoms with Crippen molar-refractivity contribution in [3.8, 4) is 0 Å². The molecule has 2 aromatic rings. The molecule has 2 bridgehead atoms. The molecule has 6 rings (SSSR count). The lowest BCUT2D eigenvalue weighted by atomic mass is 9.48. The maximum atomic E-state index is 13.3. The third-order valence-corrected chi connectivity index (χ3v) is 8.65. The molecule has 1 saturated carbocycles. The first kappa shape index (κ1) is 15.1. The van der Waals surface area contributed by atoms with E-state index in [1.165, 1.54) is 22.7 Å². The van der Waals surface area contributed by atoms with E-state index in [9.17, 15) is 9.59 Å². The van der Waals surface area contributed by atoms with Gasteiger partial charge < -0.3 is 0 Å². The summed E-state index contributed by atoms with van der Waals surface area (Å²) >= 11 is 8.34. The molecule has 4 atom stereocenters. The van der Waals surface area contributed by atoms with Crippen molar-refractivity contribution in [1.82, 2.24) is 0 Å². The predicted molar refractivity (Wildman–Crippen MR) is 101 cm³/mol. The molecular formula is C19H16O2S3. The second kappa shape index (κ2) is 4.71. The van der Waals surface area contributed by atoms with E-state index in [2.05, 4.69) is 26.0 Å². The molecule has 0 amide bonds. The monoisotopic (exact) mass is 372 g/mol. The summed E-state index contributed by atoms with van der Waals surface area (Å²) in [6, 6.07) is 3.83. The van der Waals surface area contributed by atoms with Crippen LogP contribution in [0.25, 0.3) is 9.40 Å². The number of benzene rings is 1. The minimum atomic E-state index is -0.187. The van der Waals surface area contributed by atoms with Gasteiger partial charge in [0.2, 0.25) is 0 Å². The van der Waals surface area contributed by atoms with Gasteiger partial charge in [0, 0.05) is 32.4 Å². The Morgan fingerprint density at radius 1 is 1.00 bits per heavy atom. The van der Waals surface area contributed by atoms with E-state index in [0.29, 0.717) is 11.1 Å². The number of hydrogen-bond acceptors (Lipinski definition) is 5. The van der Waals surface area contributed by atoms with Crippen molar-refractivity contribution < 1.29 is 9.59 Å². The zero-order chi connectivity index (χ0) is 16.8. The van der Waals surface area contributed by atoms with Crippen LogP contribution >= 0.6 is 34.9 Å². The molecule has 1 fully saturated rings. The number of rotatable bonds is 0. The van der Waals surface area contributed by atoms with Crippen LogP contribution in [0.15, 0.2) is 24.3 Å². The molecule has 0 spiro atoms. The van der Waals surface area contributed by atoms with E-state index >= 15 is 0 Å². The SMILES string of the molecule is CC1(C)CC2C=CC1C1C(=O)c3cc4sc(=S)sc4cc3C(=O)C21. The average Bonchev–Trinajstić information content (AvgIpc) is 2.89. The highest BCUT2D eigenvalue weighted by Crippen LogP contribution is 2.57. The van der Waals surface area contributed by atoms with E-state index in [1.807, 2.05) is 12.1 Å². The molecule has 4 unspecified atom stereocenters. The van der Waals surface area contributed by atoms with Crippen molar-refractivity contribution >= 4 is 55.9 Å². The van der Waals surface area contributed by atoms with Gasteiger partial charge in [-0.3, -0.25) is 9.59 Å². The van der Waals surface area contributed by atoms with E-state index in [1.54, 1.807) is 0 Å². The summed E-state index contributed by atoms with van der Waals surface area (Å²) in [6.45, 7) is 4.45. The third kappa shape index (κ3) is 1.83. The van der Waals surface area contributed by atoms with Gasteiger partial charge in [-0.1, -0.05) is 38.2 Å². The maximum absolute atomic E-state index is 13.3. The first-order chi connectivity index (χ1) is 11.4. The van der Waals surface area contributed by atoms with Crippen LogP contribution in [0.1, 0.15) is 41.0 Å². The minimum absolute atomic E-state index is 0.0803. The van der Waals surface area contributed by atoms with E-state index in [-0.39, 0.29) is 40.7 Å². The van der Waals surface area contributed by atoms with Gasteiger partial charge in [0.15, 0.2) is 11.6 Å². The highest BCUT2D eigenvalue weighted by Gasteiger charge is 2.57. The Morgan fingerprint density at radius 2 is 1.58 bits per heavy atom. The summed E-state index contributed by atoms with van der Waals surface area (Å²) in [5, 5.41) is 0. The van der Waals surface area contributed by atoms with Crippen LogP contribution in [0, 0.1) is 32.2 Å². The van der Waals surface area contributed by atoms with Gasteiger partial charge in [-0.2, -0.15) is 0 Å². The maximum Gasteiger partial charge on any atom is 0.168 e. The molecule has 2 nitrogen and oxygen atoms in total. The third-order valence-electron chi connectivity index (χ3n) is 6.07. The molecule has 0 saturated heterocycles. The Hall–Kier alpha value is -1.17. The number of allylic oxidation sites excluding steroid dienone is 2. The summed E-state index contributed by atoms with van der Waals surface area (Å²) < 4.78 is 2.90. The van der Waals surface area contributed by atoms with Crippen molar-refractivity contribution in [1.29, 1.82) is 0 Å². The first-order valence-corrected chi connectivity index (χ1v) is 10.3.